The largest absolute Gasteiger partial charge is 0.338 e. The van der Waals surface area contributed by atoms with Gasteiger partial charge in [0.05, 0.1) is 0 Å². The number of carbonyl (C=O) groups excluding carboxylic acids is 1. The summed E-state index contributed by atoms with van der Waals surface area (Å²) in [5.41, 5.74) is 0. The highest BCUT2D eigenvalue weighted by Gasteiger charge is 2.28. The molecule has 0 spiro atoms. The second-order valence-corrected chi connectivity index (χ2v) is 3.84. The molecule has 0 aromatic heterocycles. The van der Waals surface area contributed by atoms with E-state index in [-0.39, 0.29) is 6.03 Å². The highest BCUT2D eigenvalue weighted by molar-refractivity contribution is 5.74. The van der Waals surface area contributed by atoms with E-state index in [1.54, 1.807) is 0 Å². The molecule has 0 aromatic carbocycles. The van der Waals surface area contributed by atoms with Crippen LogP contribution in [0.2, 0.25) is 0 Å². The Morgan fingerprint density at radius 1 is 1.17 bits per heavy atom. The first kappa shape index (κ1) is 7.90. The second-order valence-electron chi connectivity index (χ2n) is 3.84. The molecule has 1 saturated heterocycles. The van der Waals surface area contributed by atoms with Crippen molar-refractivity contribution in [2.45, 2.75) is 38.1 Å². The minimum atomic E-state index is 0.0261. The summed E-state index contributed by atoms with van der Waals surface area (Å²) in [6, 6.07) is 0.486. The molecule has 3 heteroatoms. The van der Waals surface area contributed by atoms with Gasteiger partial charge in [-0.3, -0.25) is 0 Å². The lowest BCUT2D eigenvalue weighted by Gasteiger charge is -2.28. The van der Waals surface area contributed by atoms with Crippen molar-refractivity contribution in [3.63, 3.8) is 0 Å². The van der Waals surface area contributed by atoms with Crippen molar-refractivity contribution in [3.8, 4) is 0 Å². The molecule has 68 valence electrons. The van der Waals surface area contributed by atoms with Crippen molar-refractivity contribution in [3.05, 3.63) is 0 Å². The molecule has 1 heterocycles. The molecule has 0 radical (unpaired) electrons. The maximum atomic E-state index is 11.0. The molecular weight excluding hydrogens is 152 g/mol. The summed E-state index contributed by atoms with van der Waals surface area (Å²) in [5, 5.41) is 5.79. The van der Waals surface area contributed by atoms with Gasteiger partial charge in [0.2, 0.25) is 0 Å². The number of nitrogens with one attached hydrogen (secondary N) is 2. The van der Waals surface area contributed by atoms with Gasteiger partial charge in [-0.25, -0.2) is 4.79 Å². The zero-order valence-corrected chi connectivity index (χ0v) is 7.31. The molecule has 0 aromatic rings. The minimum Gasteiger partial charge on any atom is -0.338 e. The summed E-state index contributed by atoms with van der Waals surface area (Å²) in [7, 11) is 0. The Kier molecular flexibility index (Phi) is 2.19. The molecule has 2 fully saturated rings. The van der Waals surface area contributed by atoms with Crippen LogP contribution in [-0.2, 0) is 0 Å². The fourth-order valence-corrected chi connectivity index (χ4v) is 2.35. The quantitative estimate of drug-likeness (QED) is 0.608. The molecular formula is C9H16N2O. The Hall–Kier alpha value is -0.730. The Morgan fingerprint density at radius 2 is 1.92 bits per heavy atom. The summed E-state index contributed by atoms with van der Waals surface area (Å²) in [4.78, 5) is 11.0. The smallest absolute Gasteiger partial charge is 0.315 e. The van der Waals surface area contributed by atoms with E-state index in [2.05, 4.69) is 10.6 Å². The number of rotatable bonds is 1. The topological polar surface area (TPSA) is 41.1 Å². The lowest BCUT2D eigenvalue weighted by Crippen LogP contribution is -2.51. The third kappa shape index (κ3) is 1.54. The predicted octanol–water partition coefficient (Wildman–Crippen LogP) is 1.25. The first-order valence-electron chi connectivity index (χ1n) is 4.90. The molecule has 2 aliphatic rings. The lowest BCUT2D eigenvalue weighted by atomic mass is 9.94. The number of amides is 2. The van der Waals surface area contributed by atoms with Gasteiger partial charge in [-0.1, -0.05) is 12.8 Å². The Bertz CT molecular complexity index is 175. The third-order valence-corrected chi connectivity index (χ3v) is 3.03. The zero-order chi connectivity index (χ0) is 8.39. The van der Waals surface area contributed by atoms with Gasteiger partial charge in [0.15, 0.2) is 0 Å². The minimum absolute atomic E-state index is 0.0261. The Balaban J connectivity index is 1.89. The molecule has 2 amide bonds. The average molecular weight is 168 g/mol. The van der Waals surface area contributed by atoms with Crippen LogP contribution in [-0.4, -0.2) is 18.6 Å². The maximum absolute atomic E-state index is 11.0. The molecule has 2 N–H and O–H groups in total. The summed E-state index contributed by atoms with van der Waals surface area (Å²) in [6.07, 6.45) is 6.43. The van der Waals surface area contributed by atoms with Crippen LogP contribution in [0.25, 0.3) is 0 Å². The maximum Gasteiger partial charge on any atom is 0.315 e. The number of carbonyl (C=O) groups is 1. The van der Waals surface area contributed by atoms with Crippen LogP contribution in [0, 0.1) is 5.92 Å². The molecule has 1 aliphatic heterocycles. The van der Waals surface area contributed by atoms with Crippen molar-refractivity contribution in [2.24, 2.45) is 5.92 Å². The van der Waals surface area contributed by atoms with Crippen molar-refractivity contribution in [2.75, 3.05) is 6.54 Å². The summed E-state index contributed by atoms with van der Waals surface area (Å²) < 4.78 is 0. The van der Waals surface area contributed by atoms with Gasteiger partial charge in [-0.15, -0.1) is 0 Å². The van der Waals surface area contributed by atoms with Gasteiger partial charge in [-0.05, 0) is 25.2 Å². The first-order chi connectivity index (χ1) is 5.86. The van der Waals surface area contributed by atoms with E-state index < -0.39 is 0 Å². The van der Waals surface area contributed by atoms with Crippen LogP contribution in [0.4, 0.5) is 4.79 Å². The van der Waals surface area contributed by atoms with Gasteiger partial charge < -0.3 is 10.6 Å². The van der Waals surface area contributed by atoms with Crippen molar-refractivity contribution >= 4 is 6.03 Å². The zero-order valence-electron chi connectivity index (χ0n) is 7.31. The average Bonchev–Trinajstić information content (AvgIpc) is 2.56. The first-order valence-corrected chi connectivity index (χ1v) is 4.90. The lowest BCUT2D eigenvalue weighted by molar-refractivity contribution is 0.218. The van der Waals surface area contributed by atoms with E-state index in [4.69, 9.17) is 0 Å². The van der Waals surface area contributed by atoms with Crippen LogP contribution in [0.15, 0.2) is 0 Å². The van der Waals surface area contributed by atoms with Crippen molar-refractivity contribution in [1.82, 2.24) is 10.6 Å². The molecule has 1 aliphatic carbocycles. The van der Waals surface area contributed by atoms with Crippen LogP contribution in [0.5, 0.6) is 0 Å². The van der Waals surface area contributed by atoms with Crippen LogP contribution in [0.3, 0.4) is 0 Å². The molecule has 0 bridgehead atoms. The predicted molar refractivity (Wildman–Crippen MR) is 46.9 cm³/mol. The molecule has 3 nitrogen and oxygen atoms in total. The van der Waals surface area contributed by atoms with Crippen LogP contribution >= 0.6 is 0 Å². The normalized spacial score (nSPS) is 31.3. The third-order valence-electron chi connectivity index (χ3n) is 3.03. The Labute approximate surface area is 72.9 Å². The number of hydrogen-bond donors (Lipinski definition) is 2. The number of hydrogen-bond acceptors (Lipinski definition) is 1. The van der Waals surface area contributed by atoms with Gasteiger partial charge in [0, 0.05) is 12.6 Å². The second kappa shape index (κ2) is 3.33. The Morgan fingerprint density at radius 3 is 2.58 bits per heavy atom. The highest BCUT2D eigenvalue weighted by atomic mass is 16.2. The summed E-state index contributed by atoms with van der Waals surface area (Å²) in [5.74, 6) is 0.760. The van der Waals surface area contributed by atoms with E-state index in [9.17, 15) is 4.79 Å². The van der Waals surface area contributed by atoms with Gasteiger partial charge in [-0.2, -0.15) is 0 Å². The van der Waals surface area contributed by atoms with E-state index in [1.807, 2.05) is 0 Å². The fourth-order valence-electron chi connectivity index (χ4n) is 2.35. The molecule has 1 saturated carbocycles. The standard InChI is InChI=1S/C9H16N2O/c12-9-10-6-5-8(11-9)7-3-1-2-4-7/h7-8H,1-6H2,(H2,10,11,12). The molecule has 12 heavy (non-hydrogen) atoms. The van der Waals surface area contributed by atoms with E-state index >= 15 is 0 Å². The summed E-state index contributed by atoms with van der Waals surface area (Å²) >= 11 is 0. The van der Waals surface area contributed by atoms with Crippen LogP contribution < -0.4 is 10.6 Å². The van der Waals surface area contributed by atoms with E-state index in [1.165, 1.54) is 25.7 Å². The van der Waals surface area contributed by atoms with Crippen LogP contribution in [0.1, 0.15) is 32.1 Å². The van der Waals surface area contributed by atoms with Gasteiger partial charge in [0.1, 0.15) is 0 Å². The summed E-state index contributed by atoms with van der Waals surface area (Å²) in [6.45, 7) is 0.854. The molecule has 1 atom stereocenters. The molecule has 1 unspecified atom stereocenters. The van der Waals surface area contributed by atoms with E-state index in [0.717, 1.165) is 18.9 Å². The highest BCUT2D eigenvalue weighted by Crippen LogP contribution is 2.29. The van der Waals surface area contributed by atoms with Gasteiger partial charge in [0.25, 0.3) is 0 Å². The monoisotopic (exact) mass is 168 g/mol. The fraction of sp³-hybridized carbons (Fsp3) is 0.889. The molecule has 2 rings (SSSR count). The van der Waals surface area contributed by atoms with Crippen molar-refractivity contribution in [1.29, 1.82) is 0 Å². The van der Waals surface area contributed by atoms with Crippen molar-refractivity contribution < 1.29 is 4.79 Å². The van der Waals surface area contributed by atoms with E-state index in [0.29, 0.717) is 6.04 Å². The number of urea groups is 1. The van der Waals surface area contributed by atoms with Gasteiger partial charge >= 0.3 is 6.03 Å². The SMILES string of the molecule is O=C1NCCC(C2CCCC2)N1.